The lowest BCUT2D eigenvalue weighted by atomic mass is 9.74. The van der Waals surface area contributed by atoms with Gasteiger partial charge in [-0.05, 0) is 38.2 Å². The van der Waals surface area contributed by atoms with Crippen LogP contribution in [0.2, 0.25) is 0 Å². The number of nitrogens with zero attached hydrogens (tertiary/aromatic N) is 3. The van der Waals surface area contributed by atoms with Crippen LogP contribution in [0.25, 0.3) is 0 Å². The maximum Gasteiger partial charge on any atom is 0.249 e. The molecule has 1 saturated carbocycles. The molecule has 5 aliphatic rings. The van der Waals surface area contributed by atoms with Crippen LogP contribution in [0.15, 0.2) is 54.6 Å². The molecule has 2 saturated heterocycles. The molecule has 1 aromatic carbocycles. The number of carbonyl (C=O) groups excluding carboxylic acids is 3. The number of benzene rings is 1. The van der Waals surface area contributed by atoms with E-state index < -0.39 is 29.1 Å². The van der Waals surface area contributed by atoms with E-state index in [0.29, 0.717) is 26.2 Å². The molecule has 5 atom stereocenters. The number of amides is 3. The third-order valence-corrected chi connectivity index (χ3v) is 10.2. The molecule has 0 aromatic heterocycles. The number of fused-ring (bicyclic) bond motifs is 2. The molecule has 4 aliphatic heterocycles. The Labute approximate surface area is 249 Å². The monoisotopic (exact) mass is 575 g/mol. The van der Waals surface area contributed by atoms with Gasteiger partial charge in [0.15, 0.2) is 0 Å². The molecule has 3 fully saturated rings. The molecule has 1 N–H and O–H groups in total. The highest BCUT2D eigenvalue weighted by atomic mass is 16.5. The summed E-state index contributed by atoms with van der Waals surface area (Å²) in [4.78, 5) is 49.1. The van der Waals surface area contributed by atoms with Gasteiger partial charge in [0.25, 0.3) is 0 Å². The van der Waals surface area contributed by atoms with Crippen molar-refractivity contribution >= 4 is 17.7 Å². The first kappa shape index (κ1) is 29.1. The van der Waals surface area contributed by atoms with E-state index in [2.05, 4.69) is 0 Å². The lowest BCUT2D eigenvalue weighted by molar-refractivity contribution is -0.154. The minimum Gasteiger partial charge on any atom is -0.396 e. The second-order valence-electron chi connectivity index (χ2n) is 13.0. The second kappa shape index (κ2) is 12.0. The second-order valence-corrected chi connectivity index (χ2v) is 13.0. The van der Waals surface area contributed by atoms with Gasteiger partial charge in [-0.3, -0.25) is 14.4 Å². The van der Waals surface area contributed by atoms with Crippen molar-refractivity contribution in [1.29, 1.82) is 0 Å². The third kappa shape index (κ3) is 5.00. The molecule has 3 amide bonds. The van der Waals surface area contributed by atoms with Crippen molar-refractivity contribution in [2.24, 2.45) is 11.8 Å². The van der Waals surface area contributed by atoms with Crippen LogP contribution >= 0.6 is 0 Å². The van der Waals surface area contributed by atoms with Gasteiger partial charge in [0.2, 0.25) is 17.7 Å². The van der Waals surface area contributed by atoms with Crippen molar-refractivity contribution in [1.82, 2.24) is 14.7 Å². The fourth-order valence-electron chi connectivity index (χ4n) is 8.24. The van der Waals surface area contributed by atoms with Crippen LogP contribution in [-0.2, 0) is 25.7 Å². The van der Waals surface area contributed by atoms with Gasteiger partial charge in [-0.15, -0.1) is 0 Å². The maximum atomic E-state index is 14.6. The summed E-state index contributed by atoms with van der Waals surface area (Å²) in [6, 6.07) is 9.29. The van der Waals surface area contributed by atoms with E-state index >= 15 is 0 Å². The fraction of sp³-hybridized carbons (Fsp3) is 0.618. The van der Waals surface area contributed by atoms with E-state index in [-0.39, 0.29) is 30.4 Å². The number of hydrogen-bond acceptors (Lipinski definition) is 5. The van der Waals surface area contributed by atoms with E-state index in [1.807, 2.05) is 71.4 Å². The largest absolute Gasteiger partial charge is 0.396 e. The summed E-state index contributed by atoms with van der Waals surface area (Å²) >= 11 is 0. The molecule has 0 bridgehead atoms. The number of unbranched alkanes of at least 4 members (excludes halogenated alkanes) is 3. The molecule has 1 aromatic rings. The van der Waals surface area contributed by atoms with E-state index in [0.717, 1.165) is 56.9 Å². The van der Waals surface area contributed by atoms with Crippen LogP contribution in [0.5, 0.6) is 0 Å². The molecule has 1 aliphatic carbocycles. The van der Waals surface area contributed by atoms with Crippen molar-refractivity contribution in [3.8, 4) is 0 Å². The predicted molar refractivity (Wildman–Crippen MR) is 159 cm³/mol. The van der Waals surface area contributed by atoms with Crippen LogP contribution in [0.1, 0.15) is 70.3 Å². The van der Waals surface area contributed by atoms with Crippen molar-refractivity contribution in [3.05, 3.63) is 60.2 Å². The first-order chi connectivity index (χ1) is 20.4. The summed E-state index contributed by atoms with van der Waals surface area (Å²) in [5, 5.41) is 9.22. The van der Waals surface area contributed by atoms with Gasteiger partial charge >= 0.3 is 0 Å². The standard InChI is InChI=1S/C34H45N3O5/c1-33-18-12-20-35(24-25-14-6-4-7-15-25)30(39)27(33)28-31(40)37(21-10-2-3-11-23-38)29-32(41)36(26-16-8-5-9-17-26)22-13-19-34(28,29)42-33/h4,6-7,12-15,18-19,26-29,38H,2-3,5,8-11,16-17,20-24H2,1H3/t27-,28-,29?,33+,34-/m0/s1. The van der Waals surface area contributed by atoms with Gasteiger partial charge in [0.1, 0.15) is 11.6 Å². The Morgan fingerprint density at radius 2 is 1.60 bits per heavy atom. The summed E-state index contributed by atoms with van der Waals surface area (Å²) < 4.78 is 6.98. The number of likely N-dealkylation sites (tertiary alicyclic amines) is 1. The quantitative estimate of drug-likeness (QED) is 0.357. The number of carbonyl (C=O) groups is 3. The van der Waals surface area contributed by atoms with Crippen molar-refractivity contribution in [2.45, 2.75) is 94.5 Å². The topological polar surface area (TPSA) is 90.4 Å². The molecule has 42 heavy (non-hydrogen) atoms. The highest BCUT2D eigenvalue weighted by molar-refractivity contribution is 6.00. The van der Waals surface area contributed by atoms with Crippen molar-refractivity contribution in [2.75, 3.05) is 26.2 Å². The molecule has 6 rings (SSSR count). The Balaban J connectivity index is 1.36. The SMILES string of the molecule is C[C@@]12C=CCN(Cc3ccccc3)C(=O)[C@@H]1[C@H]1C(=O)N(CCCCCCO)C3C(=O)N(C4CCCCC4)CC=C[C@@]31O2. The molecule has 8 heteroatoms. The van der Waals surface area contributed by atoms with Crippen LogP contribution < -0.4 is 0 Å². The molecule has 226 valence electrons. The number of aliphatic hydroxyl groups excluding tert-OH is 1. The average Bonchev–Trinajstić information content (AvgIpc) is 3.26. The maximum absolute atomic E-state index is 14.6. The lowest BCUT2D eigenvalue weighted by Crippen LogP contribution is -2.57. The first-order valence-electron chi connectivity index (χ1n) is 16.0. The molecular formula is C34H45N3O5. The molecule has 1 unspecified atom stereocenters. The number of aliphatic hydroxyl groups is 1. The van der Waals surface area contributed by atoms with Crippen LogP contribution in [-0.4, -0.2) is 87.1 Å². The van der Waals surface area contributed by atoms with Crippen LogP contribution in [0.4, 0.5) is 0 Å². The molecular weight excluding hydrogens is 530 g/mol. The summed E-state index contributed by atoms with van der Waals surface area (Å²) in [5.41, 5.74) is -1.17. The van der Waals surface area contributed by atoms with Crippen molar-refractivity contribution in [3.63, 3.8) is 0 Å². The Bertz CT molecular complexity index is 1230. The molecule has 0 radical (unpaired) electrons. The average molecular weight is 576 g/mol. The van der Waals surface area contributed by atoms with Gasteiger partial charge in [0, 0.05) is 38.8 Å². The smallest absolute Gasteiger partial charge is 0.249 e. The van der Waals surface area contributed by atoms with Gasteiger partial charge < -0.3 is 24.5 Å². The number of hydrogen-bond donors (Lipinski definition) is 1. The summed E-state index contributed by atoms with van der Waals surface area (Å²) in [7, 11) is 0. The van der Waals surface area contributed by atoms with Gasteiger partial charge in [0.05, 0.1) is 17.4 Å². The van der Waals surface area contributed by atoms with Gasteiger partial charge in [-0.1, -0.05) is 86.7 Å². The predicted octanol–water partition coefficient (Wildman–Crippen LogP) is 3.84. The zero-order valence-corrected chi connectivity index (χ0v) is 24.8. The van der Waals surface area contributed by atoms with Gasteiger partial charge in [-0.2, -0.15) is 0 Å². The van der Waals surface area contributed by atoms with E-state index in [1.54, 1.807) is 4.90 Å². The third-order valence-electron chi connectivity index (χ3n) is 10.2. The van der Waals surface area contributed by atoms with Gasteiger partial charge in [-0.25, -0.2) is 0 Å². The highest BCUT2D eigenvalue weighted by Gasteiger charge is 2.74. The fourth-order valence-corrected chi connectivity index (χ4v) is 8.24. The van der Waals surface area contributed by atoms with E-state index in [9.17, 15) is 19.5 Å². The Kier molecular flexibility index (Phi) is 8.29. The molecule has 1 spiro atoms. The lowest BCUT2D eigenvalue weighted by Gasteiger charge is -2.40. The Hall–Kier alpha value is -2.97. The van der Waals surface area contributed by atoms with E-state index in [1.165, 1.54) is 6.42 Å². The van der Waals surface area contributed by atoms with Crippen LogP contribution in [0, 0.1) is 11.8 Å². The zero-order valence-electron chi connectivity index (χ0n) is 24.8. The van der Waals surface area contributed by atoms with Crippen molar-refractivity contribution < 1.29 is 24.2 Å². The normalized spacial score (nSPS) is 33.0. The Morgan fingerprint density at radius 1 is 0.857 bits per heavy atom. The minimum atomic E-state index is -1.20. The summed E-state index contributed by atoms with van der Waals surface area (Å²) in [5.74, 6) is -1.80. The molecule has 8 nitrogen and oxygen atoms in total. The summed E-state index contributed by atoms with van der Waals surface area (Å²) in [6.45, 7) is 3.90. The highest BCUT2D eigenvalue weighted by Crippen LogP contribution is 2.57. The minimum absolute atomic E-state index is 0.0456. The number of rotatable bonds is 9. The Morgan fingerprint density at radius 3 is 2.36 bits per heavy atom. The summed E-state index contributed by atoms with van der Waals surface area (Å²) in [6.07, 6.45) is 16.5. The zero-order chi connectivity index (χ0) is 29.3. The molecule has 4 heterocycles. The number of ether oxygens (including phenoxy) is 1. The first-order valence-corrected chi connectivity index (χ1v) is 16.0. The van der Waals surface area contributed by atoms with E-state index in [4.69, 9.17) is 4.74 Å². The van der Waals surface area contributed by atoms with Crippen LogP contribution in [0.3, 0.4) is 0 Å².